The maximum absolute atomic E-state index is 12.6. The predicted molar refractivity (Wildman–Crippen MR) is 119 cm³/mol. The molecule has 0 radical (unpaired) electrons. The third-order valence-electron chi connectivity index (χ3n) is 5.62. The van der Waals surface area contributed by atoms with Crippen LogP contribution < -0.4 is 15.0 Å². The molecular weight excluding hydrogens is 451 g/mol. The Labute approximate surface area is 192 Å². The van der Waals surface area contributed by atoms with E-state index in [1.807, 2.05) is 18.3 Å². The molecule has 0 aliphatic carbocycles. The van der Waals surface area contributed by atoms with Crippen molar-refractivity contribution in [2.75, 3.05) is 23.4 Å². The molecule has 178 valence electrons. The lowest BCUT2D eigenvalue weighted by atomic mass is 10.2. The van der Waals surface area contributed by atoms with Gasteiger partial charge in [-0.15, -0.1) is 18.3 Å². The number of nitrogens with one attached hydrogen (secondary N) is 1. The molecule has 0 spiro atoms. The fourth-order valence-electron chi connectivity index (χ4n) is 4.20. The Hall–Kier alpha value is -3.80. The molecule has 9 nitrogen and oxygen atoms in total. The highest BCUT2D eigenvalue weighted by Crippen LogP contribution is 2.30. The number of aryl methyl sites for hydroxylation is 1. The van der Waals surface area contributed by atoms with Gasteiger partial charge in [0, 0.05) is 18.8 Å². The van der Waals surface area contributed by atoms with Crippen LogP contribution in [0.25, 0.3) is 11.2 Å². The fraction of sp³-hybridized carbons (Fsp3) is 0.318. The van der Waals surface area contributed by atoms with Crippen LogP contribution in [0.3, 0.4) is 0 Å². The maximum Gasteiger partial charge on any atom is 0.573 e. The van der Waals surface area contributed by atoms with Crippen LogP contribution in [0.15, 0.2) is 49.1 Å². The first kappa shape index (κ1) is 22.0. The predicted octanol–water partition coefficient (Wildman–Crippen LogP) is 3.83. The van der Waals surface area contributed by atoms with E-state index in [0.29, 0.717) is 28.8 Å². The number of aromatic nitrogens is 5. The van der Waals surface area contributed by atoms with E-state index < -0.39 is 6.36 Å². The number of ether oxygens (including phenoxy) is 1. The van der Waals surface area contributed by atoms with Gasteiger partial charge in [0.05, 0.1) is 24.5 Å². The Morgan fingerprint density at radius 1 is 1.26 bits per heavy atom. The number of anilines is 3. The van der Waals surface area contributed by atoms with Gasteiger partial charge in [0.15, 0.2) is 11.6 Å². The van der Waals surface area contributed by atoms with E-state index in [2.05, 4.69) is 30.0 Å². The van der Waals surface area contributed by atoms with Crippen LogP contribution in [0, 0.1) is 6.92 Å². The molecule has 1 atom stereocenters. The van der Waals surface area contributed by atoms with Crippen LogP contribution in [0.2, 0.25) is 0 Å². The molecule has 0 saturated carbocycles. The van der Waals surface area contributed by atoms with E-state index in [0.717, 1.165) is 24.9 Å². The minimum absolute atomic E-state index is 0.00454. The van der Waals surface area contributed by atoms with Crippen molar-refractivity contribution in [3.05, 3.63) is 54.6 Å². The van der Waals surface area contributed by atoms with Gasteiger partial charge in [0.1, 0.15) is 17.6 Å². The van der Waals surface area contributed by atoms with Gasteiger partial charge < -0.3 is 24.6 Å². The van der Waals surface area contributed by atoms with E-state index in [9.17, 15) is 18.3 Å². The van der Waals surface area contributed by atoms with E-state index in [1.54, 1.807) is 28.3 Å². The summed E-state index contributed by atoms with van der Waals surface area (Å²) in [6, 6.07) is 8.10. The zero-order valence-electron chi connectivity index (χ0n) is 18.2. The lowest BCUT2D eigenvalue weighted by Crippen LogP contribution is -2.33. The number of alkyl halides is 3. The second-order valence-corrected chi connectivity index (χ2v) is 8.11. The Bertz CT molecular complexity index is 1320. The van der Waals surface area contributed by atoms with Crippen molar-refractivity contribution >= 4 is 23.1 Å². The molecule has 5 rings (SSSR count). The Morgan fingerprint density at radius 2 is 2.12 bits per heavy atom. The summed E-state index contributed by atoms with van der Waals surface area (Å²) < 4.78 is 45.3. The second-order valence-electron chi connectivity index (χ2n) is 8.11. The van der Waals surface area contributed by atoms with E-state index in [-0.39, 0.29) is 18.4 Å². The second kappa shape index (κ2) is 8.52. The van der Waals surface area contributed by atoms with Gasteiger partial charge in [0.25, 0.3) is 0 Å². The highest BCUT2D eigenvalue weighted by atomic mass is 19.4. The summed E-state index contributed by atoms with van der Waals surface area (Å²) in [7, 11) is 0. The normalized spacial score (nSPS) is 16.4. The highest BCUT2D eigenvalue weighted by Gasteiger charge is 2.31. The molecule has 34 heavy (non-hydrogen) atoms. The summed E-state index contributed by atoms with van der Waals surface area (Å²) in [5.74, 6) is 1.13. The van der Waals surface area contributed by atoms with E-state index in [4.69, 9.17) is 0 Å². The number of aliphatic hydroxyl groups excluding tert-OH is 1. The molecule has 4 heterocycles. The molecule has 1 fully saturated rings. The molecule has 1 saturated heterocycles. The molecule has 1 aromatic carbocycles. The zero-order chi connectivity index (χ0) is 23.9. The van der Waals surface area contributed by atoms with Crippen molar-refractivity contribution in [2.45, 2.75) is 32.2 Å². The van der Waals surface area contributed by atoms with Crippen LogP contribution in [-0.2, 0) is 0 Å². The third kappa shape index (κ3) is 4.49. The average molecular weight is 473 g/mol. The molecule has 1 aliphatic rings. The summed E-state index contributed by atoms with van der Waals surface area (Å²) in [4.78, 5) is 11.0. The molecule has 0 bridgehead atoms. The lowest BCUT2D eigenvalue weighted by Gasteiger charge is -2.25. The standard InChI is InChI=1S/C22H22F3N7O2/c1-14-8-16(10-17(9-14)34-22(23,24)25)30-11-19(26-13-30)27-21-28-20(18-5-3-7-32(18)29-21)31-6-2-4-15(31)12-33/h3,5,7-11,13,15,33H,2,4,6,12H2,1H3,(H,27,29)/t15-/m0/s1. The number of rotatable bonds is 6. The minimum Gasteiger partial charge on any atom is -0.406 e. The summed E-state index contributed by atoms with van der Waals surface area (Å²) in [5.41, 5.74) is 1.90. The first-order valence-electron chi connectivity index (χ1n) is 10.7. The highest BCUT2D eigenvalue weighted by molar-refractivity contribution is 5.71. The molecule has 0 amide bonds. The number of aliphatic hydroxyl groups is 1. The number of hydrogen-bond donors (Lipinski definition) is 2. The average Bonchev–Trinajstić information content (AvgIpc) is 3.52. The first-order valence-corrected chi connectivity index (χ1v) is 10.7. The minimum atomic E-state index is -4.77. The van der Waals surface area contributed by atoms with Crippen molar-refractivity contribution in [1.29, 1.82) is 0 Å². The van der Waals surface area contributed by atoms with Crippen LogP contribution >= 0.6 is 0 Å². The Balaban J connectivity index is 1.43. The molecule has 3 aromatic heterocycles. The molecule has 0 unspecified atom stereocenters. The van der Waals surface area contributed by atoms with Crippen LogP contribution in [0.4, 0.5) is 30.8 Å². The van der Waals surface area contributed by atoms with Crippen LogP contribution in [0.1, 0.15) is 18.4 Å². The molecule has 12 heteroatoms. The lowest BCUT2D eigenvalue weighted by molar-refractivity contribution is -0.274. The topological polar surface area (TPSA) is 92.7 Å². The van der Waals surface area contributed by atoms with Crippen molar-refractivity contribution < 1.29 is 23.0 Å². The van der Waals surface area contributed by atoms with Crippen molar-refractivity contribution in [3.8, 4) is 11.4 Å². The van der Waals surface area contributed by atoms with Crippen molar-refractivity contribution in [1.82, 2.24) is 24.1 Å². The van der Waals surface area contributed by atoms with Gasteiger partial charge in [-0.3, -0.25) is 0 Å². The third-order valence-corrected chi connectivity index (χ3v) is 5.62. The summed E-state index contributed by atoms with van der Waals surface area (Å²) in [5, 5.41) is 17.3. The largest absolute Gasteiger partial charge is 0.573 e. The molecule has 4 aromatic rings. The number of benzene rings is 1. The number of imidazole rings is 1. The zero-order valence-corrected chi connectivity index (χ0v) is 18.2. The van der Waals surface area contributed by atoms with Crippen molar-refractivity contribution in [2.24, 2.45) is 0 Å². The van der Waals surface area contributed by atoms with Crippen LogP contribution in [0.5, 0.6) is 5.75 Å². The van der Waals surface area contributed by atoms with Gasteiger partial charge in [0.2, 0.25) is 5.95 Å². The number of halogens is 3. The first-order chi connectivity index (χ1) is 16.3. The molecule has 2 N–H and O–H groups in total. The summed E-state index contributed by atoms with van der Waals surface area (Å²) in [6.07, 6.45) is 1.99. The molecular formula is C22H22F3N7O2. The van der Waals surface area contributed by atoms with Crippen molar-refractivity contribution in [3.63, 3.8) is 0 Å². The molecule has 1 aliphatic heterocycles. The number of fused-ring (bicyclic) bond motifs is 1. The monoisotopic (exact) mass is 473 g/mol. The number of hydrogen-bond acceptors (Lipinski definition) is 7. The van der Waals surface area contributed by atoms with Crippen LogP contribution in [-0.4, -0.2) is 54.8 Å². The Kier molecular flexibility index (Phi) is 5.52. The van der Waals surface area contributed by atoms with Gasteiger partial charge in [-0.25, -0.2) is 9.50 Å². The maximum atomic E-state index is 12.6. The summed E-state index contributed by atoms with van der Waals surface area (Å²) in [6.45, 7) is 2.51. The van der Waals surface area contributed by atoms with E-state index >= 15 is 0 Å². The number of nitrogens with zero attached hydrogens (tertiary/aromatic N) is 6. The van der Waals surface area contributed by atoms with Gasteiger partial charge in [-0.2, -0.15) is 4.98 Å². The fourth-order valence-corrected chi connectivity index (χ4v) is 4.20. The summed E-state index contributed by atoms with van der Waals surface area (Å²) >= 11 is 0. The van der Waals surface area contributed by atoms with Gasteiger partial charge in [-0.05, 0) is 49.6 Å². The van der Waals surface area contributed by atoms with Gasteiger partial charge in [-0.1, -0.05) is 0 Å². The smallest absolute Gasteiger partial charge is 0.406 e. The SMILES string of the molecule is Cc1cc(OC(F)(F)F)cc(-n2cnc(Nc3nc(N4CCC[C@H]4CO)c4cccn4n3)c2)c1. The Morgan fingerprint density at radius 3 is 2.91 bits per heavy atom. The van der Waals surface area contributed by atoms with E-state index in [1.165, 1.54) is 18.5 Å². The quantitative estimate of drug-likeness (QED) is 0.440. The van der Waals surface area contributed by atoms with Gasteiger partial charge >= 0.3 is 6.36 Å².